The molecule has 0 aliphatic heterocycles. The summed E-state index contributed by atoms with van der Waals surface area (Å²) in [4.78, 5) is 0. The fourth-order valence-corrected chi connectivity index (χ4v) is 7.52. The molecule has 1 aliphatic carbocycles. The van der Waals surface area contributed by atoms with Crippen LogP contribution in [0.15, 0.2) is 146 Å². The Morgan fingerprint density at radius 1 is 0.442 bits per heavy atom. The van der Waals surface area contributed by atoms with Crippen LogP contribution in [0.5, 0.6) is 0 Å². The molecule has 0 atom stereocenters. The summed E-state index contributed by atoms with van der Waals surface area (Å²) in [7, 11) is 0. The number of aromatic nitrogens is 2. The second-order valence-electron chi connectivity index (χ2n) is 12.2. The predicted octanol–water partition coefficient (Wildman–Crippen LogP) is 10.7. The lowest BCUT2D eigenvalue weighted by molar-refractivity contribution is 0.660. The standard InChI is InChI=1S/C41H30N2/c1-41(2)35-19-11-9-17-30(35)31-22-21-29(25-36(31)41)43-37-20-12-10-18-32(37)33-23-24-38-34(40(33)43)26-39(27-13-5-3-6-14-27)42(38)28-15-7-4-8-16-28/h3-26H,1-2H3. The average molecular weight is 551 g/mol. The van der Waals surface area contributed by atoms with E-state index < -0.39 is 0 Å². The molecule has 43 heavy (non-hydrogen) atoms. The molecular formula is C41H30N2. The summed E-state index contributed by atoms with van der Waals surface area (Å²) >= 11 is 0. The van der Waals surface area contributed by atoms with Gasteiger partial charge in [0, 0.05) is 32.9 Å². The SMILES string of the molecule is CC1(C)c2ccccc2-c2ccc(-n3c4ccccc4c4ccc5c(cc(-c6ccccc6)n5-c5ccccc5)c43)cc21. The fraction of sp³-hybridized carbons (Fsp3) is 0.0732. The number of para-hydroxylation sites is 2. The van der Waals surface area contributed by atoms with Gasteiger partial charge in [0.25, 0.3) is 0 Å². The highest BCUT2D eigenvalue weighted by atomic mass is 15.0. The van der Waals surface area contributed by atoms with Crippen LogP contribution < -0.4 is 0 Å². The highest BCUT2D eigenvalue weighted by Crippen LogP contribution is 2.50. The van der Waals surface area contributed by atoms with Crippen LogP contribution in [-0.4, -0.2) is 9.13 Å². The predicted molar refractivity (Wildman–Crippen MR) is 181 cm³/mol. The van der Waals surface area contributed by atoms with Gasteiger partial charge >= 0.3 is 0 Å². The van der Waals surface area contributed by atoms with Gasteiger partial charge < -0.3 is 9.13 Å². The van der Waals surface area contributed by atoms with Gasteiger partial charge in [-0.05, 0) is 70.3 Å². The number of fused-ring (bicyclic) bond motifs is 8. The maximum absolute atomic E-state index is 2.50. The van der Waals surface area contributed by atoms with Gasteiger partial charge in [0.15, 0.2) is 0 Å². The van der Waals surface area contributed by atoms with Crippen LogP contribution in [0, 0.1) is 0 Å². The van der Waals surface area contributed by atoms with Gasteiger partial charge in [0.05, 0.1) is 22.2 Å². The zero-order valence-electron chi connectivity index (χ0n) is 24.3. The van der Waals surface area contributed by atoms with Crippen molar-refractivity contribution in [2.75, 3.05) is 0 Å². The van der Waals surface area contributed by atoms with E-state index in [4.69, 9.17) is 0 Å². The smallest absolute Gasteiger partial charge is 0.0635 e. The summed E-state index contributed by atoms with van der Waals surface area (Å²) in [6, 6.07) is 53.3. The molecule has 0 spiro atoms. The van der Waals surface area contributed by atoms with Crippen LogP contribution in [0.3, 0.4) is 0 Å². The Kier molecular flexibility index (Phi) is 4.99. The largest absolute Gasteiger partial charge is 0.309 e. The summed E-state index contributed by atoms with van der Waals surface area (Å²) in [5.74, 6) is 0. The van der Waals surface area contributed by atoms with Crippen molar-refractivity contribution in [1.29, 1.82) is 0 Å². The van der Waals surface area contributed by atoms with E-state index in [0.29, 0.717) is 0 Å². The molecule has 9 rings (SSSR count). The first-order chi connectivity index (χ1) is 21.1. The highest BCUT2D eigenvalue weighted by Gasteiger charge is 2.35. The third-order valence-electron chi connectivity index (χ3n) is 9.52. The monoisotopic (exact) mass is 550 g/mol. The van der Waals surface area contributed by atoms with Gasteiger partial charge in [-0.2, -0.15) is 0 Å². The Bertz CT molecular complexity index is 2350. The van der Waals surface area contributed by atoms with Gasteiger partial charge in [-0.25, -0.2) is 0 Å². The lowest BCUT2D eigenvalue weighted by Gasteiger charge is -2.22. The lowest BCUT2D eigenvalue weighted by atomic mass is 9.82. The zero-order valence-corrected chi connectivity index (χ0v) is 24.3. The van der Waals surface area contributed by atoms with Crippen LogP contribution >= 0.6 is 0 Å². The topological polar surface area (TPSA) is 9.86 Å². The fourth-order valence-electron chi connectivity index (χ4n) is 7.52. The highest BCUT2D eigenvalue weighted by molar-refractivity contribution is 6.19. The van der Waals surface area contributed by atoms with E-state index in [2.05, 4.69) is 169 Å². The molecule has 0 amide bonds. The Morgan fingerprint density at radius 2 is 1.12 bits per heavy atom. The Labute approximate surface area is 251 Å². The van der Waals surface area contributed by atoms with Crippen molar-refractivity contribution >= 4 is 32.7 Å². The molecule has 0 N–H and O–H groups in total. The maximum atomic E-state index is 2.50. The maximum Gasteiger partial charge on any atom is 0.0635 e. The number of rotatable bonds is 3. The molecular weight excluding hydrogens is 520 g/mol. The lowest BCUT2D eigenvalue weighted by Crippen LogP contribution is -2.15. The minimum atomic E-state index is -0.0624. The summed E-state index contributed by atoms with van der Waals surface area (Å²) in [5.41, 5.74) is 13.9. The van der Waals surface area contributed by atoms with E-state index in [1.807, 2.05) is 0 Å². The minimum Gasteiger partial charge on any atom is -0.309 e. The number of nitrogens with zero attached hydrogens (tertiary/aromatic N) is 2. The van der Waals surface area contributed by atoms with Gasteiger partial charge in [0.2, 0.25) is 0 Å². The summed E-state index contributed by atoms with van der Waals surface area (Å²) in [5, 5.41) is 3.80. The molecule has 0 bridgehead atoms. The second-order valence-corrected chi connectivity index (χ2v) is 12.2. The van der Waals surface area contributed by atoms with Crippen molar-refractivity contribution in [3.63, 3.8) is 0 Å². The first-order valence-corrected chi connectivity index (χ1v) is 15.0. The molecule has 2 heterocycles. The molecule has 204 valence electrons. The van der Waals surface area contributed by atoms with E-state index in [-0.39, 0.29) is 5.41 Å². The van der Waals surface area contributed by atoms with Crippen LogP contribution in [0.2, 0.25) is 0 Å². The Hall–Kier alpha value is -5.34. The normalized spacial score (nSPS) is 13.5. The van der Waals surface area contributed by atoms with Crippen molar-refractivity contribution in [2.45, 2.75) is 19.3 Å². The van der Waals surface area contributed by atoms with Crippen molar-refractivity contribution < 1.29 is 0 Å². The zero-order chi connectivity index (χ0) is 28.7. The first-order valence-electron chi connectivity index (χ1n) is 15.0. The van der Waals surface area contributed by atoms with Crippen molar-refractivity contribution in [2.24, 2.45) is 0 Å². The van der Waals surface area contributed by atoms with Gasteiger partial charge in [-0.15, -0.1) is 0 Å². The van der Waals surface area contributed by atoms with Crippen molar-refractivity contribution in [3.8, 4) is 33.8 Å². The molecule has 2 aromatic heterocycles. The third-order valence-corrected chi connectivity index (χ3v) is 9.52. The number of hydrogen-bond donors (Lipinski definition) is 0. The van der Waals surface area contributed by atoms with Crippen LogP contribution in [0.1, 0.15) is 25.0 Å². The summed E-state index contributed by atoms with van der Waals surface area (Å²) in [6.45, 7) is 4.72. The molecule has 2 heteroatoms. The van der Waals surface area contributed by atoms with Gasteiger partial charge in [0.1, 0.15) is 0 Å². The van der Waals surface area contributed by atoms with Crippen LogP contribution in [0.4, 0.5) is 0 Å². The van der Waals surface area contributed by atoms with E-state index >= 15 is 0 Å². The molecule has 0 unspecified atom stereocenters. The Morgan fingerprint density at radius 3 is 1.95 bits per heavy atom. The average Bonchev–Trinajstić information content (AvgIpc) is 3.68. The van der Waals surface area contributed by atoms with E-state index in [1.165, 1.54) is 71.9 Å². The molecule has 0 fully saturated rings. The van der Waals surface area contributed by atoms with E-state index in [0.717, 1.165) is 5.69 Å². The van der Waals surface area contributed by atoms with Gasteiger partial charge in [-0.3, -0.25) is 0 Å². The van der Waals surface area contributed by atoms with E-state index in [9.17, 15) is 0 Å². The Balaban J connectivity index is 1.40. The first kappa shape index (κ1) is 24.3. The minimum absolute atomic E-state index is 0.0624. The molecule has 6 aromatic carbocycles. The summed E-state index contributed by atoms with van der Waals surface area (Å²) < 4.78 is 4.91. The molecule has 2 nitrogen and oxygen atoms in total. The van der Waals surface area contributed by atoms with E-state index in [1.54, 1.807) is 0 Å². The molecule has 1 aliphatic rings. The molecule has 0 radical (unpaired) electrons. The van der Waals surface area contributed by atoms with Gasteiger partial charge in [-0.1, -0.05) is 117 Å². The van der Waals surface area contributed by atoms with Crippen molar-refractivity contribution in [3.05, 3.63) is 157 Å². The third kappa shape index (κ3) is 3.35. The second kappa shape index (κ2) is 8.83. The van der Waals surface area contributed by atoms with Crippen LogP contribution in [-0.2, 0) is 5.41 Å². The van der Waals surface area contributed by atoms with Crippen molar-refractivity contribution in [1.82, 2.24) is 9.13 Å². The summed E-state index contributed by atoms with van der Waals surface area (Å²) in [6.07, 6.45) is 0. The molecule has 8 aromatic rings. The van der Waals surface area contributed by atoms with Crippen LogP contribution in [0.25, 0.3) is 66.5 Å². The molecule has 0 saturated carbocycles. The quantitative estimate of drug-likeness (QED) is 0.207. The number of benzene rings is 6. The molecule has 0 saturated heterocycles. The number of hydrogen-bond acceptors (Lipinski definition) is 0.